The summed E-state index contributed by atoms with van der Waals surface area (Å²) < 4.78 is 48.4. The highest BCUT2D eigenvalue weighted by Crippen LogP contribution is 2.25. The van der Waals surface area contributed by atoms with Gasteiger partial charge in [-0.2, -0.15) is 0 Å². The fraction of sp³-hybridized carbons (Fsp3) is 0.455. The molecule has 0 aliphatic carbocycles. The molecular formula is C11H17N3O4S2. The molecule has 7 nitrogen and oxygen atoms in total. The van der Waals surface area contributed by atoms with Gasteiger partial charge in [-0.15, -0.1) is 0 Å². The average molecular weight is 319 g/mol. The van der Waals surface area contributed by atoms with Crippen LogP contribution < -0.4 is 15.4 Å². The van der Waals surface area contributed by atoms with Gasteiger partial charge in [-0.1, -0.05) is 0 Å². The van der Waals surface area contributed by atoms with Crippen LogP contribution in [0.25, 0.3) is 0 Å². The van der Waals surface area contributed by atoms with E-state index in [0.717, 1.165) is 5.69 Å². The minimum absolute atomic E-state index is 0.0216. The topological polar surface area (TPSA) is 110 Å². The van der Waals surface area contributed by atoms with Gasteiger partial charge in [0.25, 0.3) is 0 Å². The Labute approximate surface area is 118 Å². The van der Waals surface area contributed by atoms with Crippen molar-refractivity contribution in [1.82, 2.24) is 4.72 Å². The Kier molecular flexibility index (Phi) is 3.94. The summed E-state index contributed by atoms with van der Waals surface area (Å²) in [6.07, 6.45) is 0. The van der Waals surface area contributed by atoms with Gasteiger partial charge in [-0.3, -0.25) is 0 Å². The van der Waals surface area contributed by atoms with Crippen molar-refractivity contribution in [2.45, 2.75) is 4.90 Å². The fourth-order valence-corrected chi connectivity index (χ4v) is 4.10. The minimum Gasteiger partial charge on any atom is -0.398 e. The molecule has 1 heterocycles. The molecule has 0 aromatic heterocycles. The molecule has 0 atom stereocenters. The van der Waals surface area contributed by atoms with Gasteiger partial charge in [-0.05, 0) is 25.2 Å². The molecule has 1 fully saturated rings. The van der Waals surface area contributed by atoms with Crippen molar-refractivity contribution in [2.75, 3.05) is 42.3 Å². The highest BCUT2D eigenvalue weighted by atomic mass is 32.2. The summed E-state index contributed by atoms with van der Waals surface area (Å²) in [5.41, 5.74) is 6.65. The third kappa shape index (κ3) is 3.05. The van der Waals surface area contributed by atoms with Gasteiger partial charge in [0.15, 0.2) is 9.84 Å². The first-order valence-electron chi connectivity index (χ1n) is 6.04. The predicted molar refractivity (Wildman–Crippen MR) is 78.0 cm³/mol. The first-order valence-corrected chi connectivity index (χ1v) is 9.34. The fourth-order valence-electron chi connectivity index (χ4n) is 2.06. The summed E-state index contributed by atoms with van der Waals surface area (Å²) in [6.45, 7) is 0.778. The van der Waals surface area contributed by atoms with Crippen LogP contribution in [-0.4, -0.2) is 48.5 Å². The summed E-state index contributed by atoms with van der Waals surface area (Å²) in [5, 5.41) is 0. The zero-order valence-electron chi connectivity index (χ0n) is 11.0. The van der Waals surface area contributed by atoms with Gasteiger partial charge in [0, 0.05) is 18.8 Å². The number of benzene rings is 1. The maximum absolute atomic E-state index is 11.7. The lowest BCUT2D eigenvalue weighted by Crippen LogP contribution is -2.40. The van der Waals surface area contributed by atoms with Crippen molar-refractivity contribution >= 4 is 31.2 Å². The van der Waals surface area contributed by atoms with Crippen LogP contribution in [0.3, 0.4) is 0 Å². The predicted octanol–water partition coefficient (Wildman–Crippen LogP) is -0.588. The number of sulfone groups is 1. The maximum atomic E-state index is 11.7. The van der Waals surface area contributed by atoms with Gasteiger partial charge in [0.2, 0.25) is 10.0 Å². The molecule has 3 N–H and O–H groups in total. The van der Waals surface area contributed by atoms with Crippen LogP contribution in [0, 0.1) is 0 Å². The molecule has 0 amide bonds. The number of hydrogen-bond acceptors (Lipinski definition) is 6. The van der Waals surface area contributed by atoms with E-state index in [1.54, 1.807) is 12.1 Å². The molecule has 1 aromatic rings. The lowest BCUT2D eigenvalue weighted by Gasteiger charge is -2.29. The summed E-state index contributed by atoms with van der Waals surface area (Å²) in [5.74, 6) is 0.201. The van der Waals surface area contributed by atoms with Gasteiger partial charge in [0.05, 0.1) is 17.2 Å². The van der Waals surface area contributed by atoms with Crippen LogP contribution in [0.15, 0.2) is 23.1 Å². The minimum atomic E-state index is -3.58. The SMILES string of the molecule is CNS(=O)(=O)c1ccc(N2CCS(=O)(=O)CC2)cc1N. The second-order valence-electron chi connectivity index (χ2n) is 4.57. The van der Waals surface area contributed by atoms with Gasteiger partial charge < -0.3 is 10.6 Å². The van der Waals surface area contributed by atoms with Crippen LogP contribution in [0.5, 0.6) is 0 Å². The number of nitrogen functional groups attached to an aromatic ring is 1. The Balaban J connectivity index is 2.27. The third-order valence-corrected chi connectivity index (χ3v) is 6.36. The Morgan fingerprint density at radius 1 is 1.25 bits per heavy atom. The molecule has 1 aliphatic rings. The number of sulfonamides is 1. The van der Waals surface area contributed by atoms with Crippen LogP contribution in [0.1, 0.15) is 0 Å². The van der Waals surface area contributed by atoms with Crippen molar-refractivity contribution < 1.29 is 16.8 Å². The van der Waals surface area contributed by atoms with Crippen molar-refractivity contribution in [3.05, 3.63) is 18.2 Å². The quantitative estimate of drug-likeness (QED) is 0.721. The van der Waals surface area contributed by atoms with E-state index in [-0.39, 0.29) is 22.1 Å². The number of anilines is 2. The highest BCUT2D eigenvalue weighted by Gasteiger charge is 2.23. The number of nitrogens with two attached hydrogens (primary N) is 1. The molecule has 9 heteroatoms. The van der Waals surface area contributed by atoms with Crippen LogP contribution >= 0.6 is 0 Å². The monoisotopic (exact) mass is 319 g/mol. The number of rotatable bonds is 3. The number of nitrogens with zero attached hydrogens (tertiary/aromatic N) is 1. The summed E-state index contributed by atoms with van der Waals surface area (Å²) in [7, 11) is -5.21. The maximum Gasteiger partial charge on any atom is 0.242 e. The third-order valence-electron chi connectivity index (χ3n) is 3.26. The van der Waals surface area contributed by atoms with Crippen LogP contribution in [0.2, 0.25) is 0 Å². The second-order valence-corrected chi connectivity index (χ2v) is 8.73. The van der Waals surface area contributed by atoms with Crippen molar-refractivity contribution in [1.29, 1.82) is 0 Å². The normalized spacial score (nSPS) is 18.9. The molecule has 0 spiro atoms. The van der Waals surface area contributed by atoms with E-state index in [1.807, 2.05) is 4.90 Å². The Morgan fingerprint density at radius 3 is 2.35 bits per heavy atom. The van der Waals surface area contributed by atoms with Gasteiger partial charge in [-0.25, -0.2) is 21.6 Å². The molecule has 20 heavy (non-hydrogen) atoms. The first kappa shape index (κ1) is 15.1. The van der Waals surface area contributed by atoms with E-state index in [0.29, 0.717) is 13.1 Å². The van der Waals surface area contributed by atoms with E-state index in [2.05, 4.69) is 4.72 Å². The Bertz CT molecular complexity index is 699. The molecule has 0 unspecified atom stereocenters. The molecule has 0 bridgehead atoms. The molecular weight excluding hydrogens is 302 g/mol. The first-order chi connectivity index (χ1) is 9.25. The van der Waals surface area contributed by atoms with Gasteiger partial charge >= 0.3 is 0 Å². The average Bonchev–Trinajstić information content (AvgIpc) is 2.38. The zero-order valence-corrected chi connectivity index (χ0v) is 12.7. The Hall–Kier alpha value is -1.32. The molecule has 0 saturated carbocycles. The van der Waals surface area contributed by atoms with E-state index >= 15 is 0 Å². The number of hydrogen-bond donors (Lipinski definition) is 2. The molecule has 2 rings (SSSR count). The zero-order chi connectivity index (χ0) is 15.0. The molecule has 1 aliphatic heterocycles. The standard InChI is InChI=1S/C11H17N3O4S2/c1-13-20(17,18)11-3-2-9(8-10(11)12)14-4-6-19(15,16)7-5-14/h2-3,8,13H,4-7,12H2,1H3. The summed E-state index contributed by atoms with van der Waals surface area (Å²) in [4.78, 5) is 1.90. The largest absolute Gasteiger partial charge is 0.398 e. The molecule has 1 aromatic carbocycles. The van der Waals surface area contributed by atoms with E-state index < -0.39 is 19.9 Å². The van der Waals surface area contributed by atoms with Crippen molar-refractivity contribution in [3.63, 3.8) is 0 Å². The lowest BCUT2D eigenvalue weighted by molar-refractivity contribution is 0.586. The van der Waals surface area contributed by atoms with E-state index in [4.69, 9.17) is 5.73 Å². The van der Waals surface area contributed by atoms with E-state index in [1.165, 1.54) is 13.1 Å². The number of nitrogens with one attached hydrogen (secondary N) is 1. The Morgan fingerprint density at radius 2 is 1.85 bits per heavy atom. The summed E-state index contributed by atoms with van der Waals surface area (Å²) in [6, 6.07) is 4.63. The van der Waals surface area contributed by atoms with Crippen LogP contribution in [0.4, 0.5) is 11.4 Å². The second kappa shape index (κ2) is 5.23. The lowest BCUT2D eigenvalue weighted by atomic mass is 10.2. The molecule has 0 radical (unpaired) electrons. The molecule has 112 valence electrons. The van der Waals surface area contributed by atoms with E-state index in [9.17, 15) is 16.8 Å². The highest BCUT2D eigenvalue weighted by molar-refractivity contribution is 7.91. The summed E-state index contributed by atoms with van der Waals surface area (Å²) >= 11 is 0. The van der Waals surface area contributed by atoms with Crippen LogP contribution in [-0.2, 0) is 19.9 Å². The van der Waals surface area contributed by atoms with Gasteiger partial charge in [0.1, 0.15) is 4.90 Å². The van der Waals surface area contributed by atoms with Crippen molar-refractivity contribution in [3.8, 4) is 0 Å². The smallest absolute Gasteiger partial charge is 0.242 e. The molecule has 1 saturated heterocycles. The van der Waals surface area contributed by atoms with Crippen molar-refractivity contribution in [2.24, 2.45) is 0 Å².